The molecule has 0 rings (SSSR count). The van der Waals surface area contributed by atoms with Crippen LogP contribution in [-0.4, -0.2) is 18.6 Å². The maximum Gasteiger partial charge on any atom is 0.0249 e. The number of hydrogen-bond donors (Lipinski definition) is 2. The lowest BCUT2D eigenvalue weighted by Gasteiger charge is -2.24. The van der Waals surface area contributed by atoms with Crippen molar-refractivity contribution in [1.82, 2.24) is 5.32 Å². The van der Waals surface area contributed by atoms with E-state index in [9.17, 15) is 0 Å². The molecule has 0 aromatic carbocycles. The normalized spacial score (nSPS) is 18.8. The van der Waals surface area contributed by atoms with Crippen LogP contribution < -0.4 is 11.1 Å². The number of nitrogens with one attached hydrogen (secondary N) is 1. The second kappa shape index (κ2) is 5.55. The Morgan fingerprint density at radius 1 is 1.42 bits per heavy atom. The van der Waals surface area contributed by atoms with Gasteiger partial charge in [0.15, 0.2) is 0 Å². The van der Waals surface area contributed by atoms with Crippen LogP contribution in [0.5, 0.6) is 0 Å². The van der Waals surface area contributed by atoms with Gasteiger partial charge >= 0.3 is 0 Å². The molecule has 0 spiro atoms. The van der Waals surface area contributed by atoms with E-state index in [0.29, 0.717) is 0 Å². The molecule has 3 N–H and O–H groups in total. The lowest BCUT2D eigenvalue weighted by Crippen LogP contribution is -2.46. The molecule has 2 heteroatoms. The molecule has 2 nitrogen and oxygen atoms in total. The average Bonchev–Trinajstić information content (AvgIpc) is 2.04. The number of hydrogen-bond acceptors (Lipinski definition) is 2. The third-order valence-corrected chi connectivity index (χ3v) is 2.53. The summed E-state index contributed by atoms with van der Waals surface area (Å²) >= 11 is 0. The average molecular weight is 172 g/mol. The summed E-state index contributed by atoms with van der Waals surface area (Å²) in [6, 6.07) is 0. The van der Waals surface area contributed by atoms with Crippen LogP contribution in [0.3, 0.4) is 0 Å². The maximum absolute atomic E-state index is 5.98. The Morgan fingerprint density at radius 3 is 2.42 bits per heavy atom. The molecule has 12 heavy (non-hydrogen) atoms. The van der Waals surface area contributed by atoms with E-state index in [2.05, 4.69) is 33.0 Å². The van der Waals surface area contributed by atoms with Gasteiger partial charge in [-0.3, -0.25) is 0 Å². The molecule has 0 saturated carbocycles. The van der Waals surface area contributed by atoms with E-state index in [1.807, 2.05) is 0 Å². The van der Waals surface area contributed by atoms with Gasteiger partial charge in [0.05, 0.1) is 0 Å². The Morgan fingerprint density at radius 2 is 2.00 bits per heavy atom. The van der Waals surface area contributed by atoms with Crippen LogP contribution >= 0.6 is 0 Å². The van der Waals surface area contributed by atoms with E-state index < -0.39 is 0 Å². The van der Waals surface area contributed by atoms with Gasteiger partial charge < -0.3 is 11.1 Å². The Hall–Kier alpha value is -0.0800. The maximum atomic E-state index is 5.98. The van der Waals surface area contributed by atoms with Crippen molar-refractivity contribution in [2.24, 2.45) is 11.7 Å². The van der Waals surface area contributed by atoms with Gasteiger partial charge in [-0.25, -0.2) is 0 Å². The van der Waals surface area contributed by atoms with Crippen LogP contribution in [0.2, 0.25) is 0 Å². The van der Waals surface area contributed by atoms with Crippen LogP contribution in [0.1, 0.15) is 40.5 Å². The van der Waals surface area contributed by atoms with Crippen molar-refractivity contribution in [2.75, 3.05) is 13.1 Å². The molecule has 0 amide bonds. The molecule has 0 saturated heterocycles. The summed E-state index contributed by atoms with van der Waals surface area (Å²) in [7, 11) is 0. The van der Waals surface area contributed by atoms with E-state index in [1.165, 1.54) is 6.42 Å². The molecule has 2 atom stereocenters. The highest BCUT2D eigenvalue weighted by molar-refractivity contribution is 4.79. The molecule has 0 aliphatic carbocycles. The number of nitrogens with two attached hydrogens (primary N) is 1. The van der Waals surface area contributed by atoms with Crippen molar-refractivity contribution in [3.05, 3.63) is 0 Å². The minimum atomic E-state index is -0.0343. The fourth-order valence-electron chi connectivity index (χ4n) is 0.873. The molecule has 74 valence electrons. The highest BCUT2D eigenvalue weighted by Crippen LogP contribution is 2.03. The summed E-state index contributed by atoms with van der Waals surface area (Å²) in [6.07, 6.45) is 2.26. The van der Waals surface area contributed by atoms with Crippen molar-refractivity contribution < 1.29 is 0 Å². The van der Waals surface area contributed by atoms with Crippen LogP contribution in [0.4, 0.5) is 0 Å². The highest BCUT2D eigenvalue weighted by atomic mass is 14.9. The predicted octanol–water partition coefficient (Wildman–Crippen LogP) is 1.75. The first-order valence-corrected chi connectivity index (χ1v) is 5.01. The van der Waals surface area contributed by atoms with Gasteiger partial charge in [-0.2, -0.15) is 0 Å². The van der Waals surface area contributed by atoms with Crippen LogP contribution in [0, 0.1) is 5.92 Å². The minimum absolute atomic E-state index is 0.0343. The van der Waals surface area contributed by atoms with Crippen LogP contribution in [-0.2, 0) is 0 Å². The van der Waals surface area contributed by atoms with Crippen LogP contribution in [0.25, 0.3) is 0 Å². The smallest absolute Gasteiger partial charge is 0.0249 e. The highest BCUT2D eigenvalue weighted by Gasteiger charge is 2.14. The van der Waals surface area contributed by atoms with Crippen molar-refractivity contribution >= 4 is 0 Å². The molecule has 0 aliphatic rings. The van der Waals surface area contributed by atoms with Crippen LogP contribution in [0.15, 0.2) is 0 Å². The molecular formula is C10H24N2. The molecule has 0 aromatic heterocycles. The molecule has 0 heterocycles. The van der Waals surface area contributed by atoms with E-state index in [1.54, 1.807) is 0 Å². The quantitative estimate of drug-likeness (QED) is 0.640. The number of rotatable bonds is 6. The molecule has 0 aromatic rings. The third-order valence-electron chi connectivity index (χ3n) is 2.53. The first-order valence-electron chi connectivity index (χ1n) is 5.01. The Bertz CT molecular complexity index is 110. The van der Waals surface area contributed by atoms with E-state index in [0.717, 1.165) is 25.4 Å². The standard InChI is InChI=1S/C10H24N2/c1-5-9(3)7-12-8-10(4,11)6-2/h9,12H,5-8,11H2,1-4H3. The fourth-order valence-corrected chi connectivity index (χ4v) is 0.873. The van der Waals surface area contributed by atoms with Gasteiger partial charge in [0.25, 0.3) is 0 Å². The van der Waals surface area contributed by atoms with Crippen molar-refractivity contribution in [3.8, 4) is 0 Å². The molecular weight excluding hydrogens is 148 g/mol. The Labute approximate surface area is 76.9 Å². The molecule has 0 bridgehead atoms. The minimum Gasteiger partial charge on any atom is -0.324 e. The van der Waals surface area contributed by atoms with Gasteiger partial charge in [-0.05, 0) is 25.8 Å². The summed E-state index contributed by atoms with van der Waals surface area (Å²) in [5.41, 5.74) is 5.95. The third kappa shape index (κ3) is 5.56. The Balaban J connectivity index is 3.42. The summed E-state index contributed by atoms with van der Waals surface area (Å²) in [6.45, 7) is 10.7. The van der Waals surface area contributed by atoms with E-state index in [-0.39, 0.29) is 5.54 Å². The second-order valence-electron chi connectivity index (χ2n) is 4.15. The lowest BCUT2D eigenvalue weighted by molar-refractivity contribution is 0.392. The Kier molecular flexibility index (Phi) is 5.51. The van der Waals surface area contributed by atoms with Gasteiger partial charge in [-0.15, -0.1) is 0 Å². The fraction of sp³-hybridized carbons (Fsp3) is 1.00. The van der Waals surface area contributed by atoms with E-state index in [4.69, 9.17) is 5.73 Å². The first kappa shape index (κ1) is 11.9. The molecule has 0 radical (unpaired) electrons. The van der Waals surface area contributed by atoms with E-state index >= 15 is 0 Å². The monoisotopic (exact) mass is 172 g/mol. The first-order chi connectivity index (χ1) is 5.52. The molecule has 2 unspecified atom stereocenters. The summed E-state index contributed by atoms with van der Waals surface area (Å²) in [4.78, 5) is 0. The summed E-state index contributed by atoms with van der Waals surface area (Å²) in [5, 5.41) is 3.40. The SMILES string of the molecule is CCC(C)CNCC(C)(N)CC. The topological polar surface area (TPSA) is 38.0 Å². The van der Waals surface area contributed by atoms with Gasteiger partial charge in [-0.1, -0.05) is 27.2 Å². The van der Waals surface area contributed by atoms with Crippen molar-refractivity contribution in [1.29, 1.82) is 0 Å². The zero-order valence-corrected chi connectivity index (χ0v) is 8.98. The zero-order chi connectivity index (χ0) is 9.61. The predicted molar refractivity (Wildman–Crippen MR) is 55.2 cm³/mol. The zero-order valence-electron chi connectivity index (χ0n) is 8.98. The van der Waals surface area contributed by atoms with Crippen molar-refractivity contribution in [3.63, 3.8) is 0 Å². The second-order valence-corrected chi connectivity index (χ2v) is 4.15. The van der Waals surface area contributed by atoms with Gasteiger partial charge in [0.2, 0.25) is 0 Å². The largest absolute Gasteiger partial charge is 0.324 e. The lowest BCUT2D eigenvalue weighted by atomic mass is 10.0. The van der Waals surface area contributed by atoms with Gasteiger partial charge in [0.1, 0.15) is 0 Å². The summed E-state index contributed by atoms with van der Waals surface area (Å²) in [5.74, 6) is 0.762. The van der Waals surface area contributed by atoms with Gasteiger partial charge in [0, 0.05) is 12.1 Å². The molecule has 0 aliphatic heterocycles. The summed E-state index contributed by atoms with van der Waals surface area (Å²) < 4.78 is 0. The van der Waals surface area contributed by atoms with Crippen molar-refractivity contribution in [2.45, 2.75) is 46.1 Å². The molecule has 0 fully saturated rings.